The second-order valence-corrected chi connectivity index (χ2v) is 9.08. The SMILES string of the molecule is CC1NN(c2ccccc2)C(=O)C1C(=O)c1ccccc1C(=O)C1C(=O)N(c2ccccc2)NC1C. The lowest BCUT2D eigenvalue weighted by Crippen LogP contribution is -2.36. The predicted molar refractivity (Wildman–Crippen MR) is 135 cm³/mol. The van der Waals surface area contributed by atoms with E-state index in [0.29, 0.717) is 11.4 Å². The number of ketones is 2. The van der Waals surface area contributed by atoms with Crippen molar-refractivity contribution in [1.29, 1.82) is 0 Å². The van der Waals surface area contributed by atoms with Gasteiger partial charge in [0.05, 0.1) is 11.4 Å². The summed E-state index contributed by atoms with van der Waals surface area (Å²) < 4.78 is 0. The van der Waals surface area contributed by atoms with Crippen LogP contribution < -0.4 is 20.9 Å². The summed E-state index contributed by atoms with van der Waals surface area (Å²) in [5.74, 6) is -3.68. The first kappa shape index (κ1) is 23.6. The highest BCUT2D eigenvalue weighted by Gasteiger charge is 2.47. The van der Waals surface area contributed by atoms with Crippen LogP contribution in [0.3, 0.4) is 0 Å². The maximum Gasteiger partial charge on any atom is 0.253 e. The standard InChI is InChI=1S/C28H26N4O4/c1-17-23(27(35)31(29-17)19-11-5-3-6-12-19)25(33)21-15-9-10-16-22(21)26(34)24-18(2)30-32(28(24)36)20-13-7-4-8-14-20/h3-18,23-24,29-30H,1-2H3. The Hall–Kier alpha value is -4.14. The van der Waals surface area contributed by atoms with Crippen LogP contribution >= 0.6 is 0 Å². The molecule has 2 aliphatic rings. The first-order valence-corrected chi connectivity index (χ1v) is 11.9. The van der Waals surface area contributed by atoms with E-state index in [1.165, 1.54) is 10.0 Å². The first-order chi connectivity index (χ1) is 17.4. The summed E-state index contributed by atoms with van der Waals surface area (Å²) in [6.45, 7) is 3.52. The monoisotopic (exact) mass is 482 g/mol. The lowest BCUT2D eigenvalue weighted by molar-refractivity contribution is -0.120. The average Bonchev–Trinajstić information content (AvgIpc) is 3.38. The van der Waals surface area contributed by atoms with E-state index in [0.717, 1.165) is 0 Å². The van der Waals surface area contributed by atoms with Crippen molar-refractivity contribution in [2.45, 2.75) is 25.9 Å². The predicted octanol–water partition coefficient (Wildman–Crippen LogP) is 3.16. The fraction of sp³-hybridized carbons (Fsp3) is 0.214. The first-order valence-electron chi connectivity index (χ1n) is 11.9. The van der Waals surface area contributed by atoms with Gasteiger partial charge in [-0.05, 0) is 38.1 Å². The highest BCUT2D eigenvalue weighted by atomic mass is 16.2. The van der Waals surface area contributed by atoms with Crippen LogP contribution in [0.2, 0.25) is 0 Å². The Kier molecular flexibility index (Phi) is 6.22. The summed E-state index contributed by atoms with van der Waals surface area (Å²) in [5, 5.41) is 2.75. The fourth-order valence-electron chi connectivity index (χ4n) is 4.87. The number of benzene rings is 3. The van der Waals surface area contributed by atoms with Crippen molar-refractivity contribution in [3.8, 4) is 0 Å². The molecule has 0 aliphatic carbocycles. The third kappa shape index (κ3) is 4.00. The average molecular weight is 483 g/mol. The van der Waals surface area contributed by atoms with Crippen molar-refractivity contribution in [2.24, 2.45) is 11.8 Å². The molecule has 2 saturated heterocycles. The van der Waals surface area contributed by atoms with Gasteiger partial charge in [-0.2, -0.15) is 0 Å². The van der Waals surface area contributed by atoms with Crippen molar-refractivity contribution in [3.05, 3.63) is 96.1 Å². The van der Waals surface area contributed by atoms with Crippen LogP contribution in [0.25, 0.3) is 0 Å². The normalized spacial score (nSPS) is 23.8. The maximum absolute atomic E-state index is 13.7. The van der Waals surface area contributed by atoms with E-state index in [9.17, 15) is 19.2 Å². The minimum Gasteiger partial charge on any atom is -0.293 e. The molecule has 0 saturated carbocycles. The lowest BCUT2D eigenvalue weighted by Gasteiger charge is -2.17. The molecule has 2 aliphatic heterocycles. The van der Waals surface area contributed by atoms with Gasteiger partial charge >= 0.3 is 0 Å². The zero-order valence-corrected chi connectivity index (χ0v) is 19.9. The molecule has 0 aromatic heterocycles. The number of carbonyl (C=O) groups is 4. The summed E-state index contributed by atoms with van der Waals surface area (Å²) in [4.78, 5) is 53.9. The molecule has 2 amide bonds. The zero-order chi connectivity index (χ0) is 25.4. The third-order valence-electron chi connectivity index (χ3n) is 6.69. The van der Waals surface area contributed by atoms with Crippen molar-refractivity contribution in [2.75, 3.05) is 10.0 Å². The van der Waals surface area contributed by atoms with Crippen molar-refractivity contribution in [3.63, 3.8) is 0 Å². The molecular formula is C28H26N4O4. The van der Waals surface area contributed by atoms with Crippen LogP contribution in [0.1, 0.15) is 34.6 Å². The van der Waals surface area contributed by atoms with Crippen LogP contribution in [0.15, 0.2) is 84.9 Å². The Bertz CT molecular complexity index is 1230. The number of rotatable bonds is 6. The van der Waals surface area contributed by atoms with Crippen LogP contribution in [0.4, 0.5) is 11.4 Å². The van der Waals surface area contributed by atoms with Crippen LogP contribution in [-0.2, 0) is 9.59 Å². The second-order valence-electron chi connectivity index (χ2n) is 9.08. The number of para-hydroxylation sites is 2. The van der Waals surface area contributed by atoms with Gasteiger partial charge in [-0.15, -0.1) is 0 Å². The molecule has 8 nitrogen and oxygen atoms in total. The Morgan fingerprint density at radius 3 is 1.28 bits per heavy atom. The molecule has 3 aromatic rings. The molecule has 182 valence electrons. The van der Waals surface area contributed by atoms with Gasteiger partial charge in [-0.1, -0.05) is 60.7 Å². The quantitative estimate of drug-likeness (QED) is 0.414. The van der Waals surface area contributed by atoms with E-state index in [-0.39, 0.29) is 22.9 Å². The number of nitrogens with zero attached hydrogens (tertiary/aromatic N) is 2. The van der Waals surface area contributed by atoms with Crippen molar-refractivity contribution in [1.82, 2.24) is 10.9 Å². The van der Waals surface area contributed by atoms with Crippen LogP contribution in [-0.4, -0.2) is 35.5 Å². The minimum atomic E-state index is -1.00. The number of Topliss-reactive ketones (excluding diaryl/α,β-unsaturated/α-hetero) is 2. The summed E-state index contributed by atoms with van der Waals surface area (Å²) in [7, 11) is 0. The molecule has 4 atom stereocenters. The summed E-state index contributed by atoms with van der Waals surface area (Å²) in [6, 6.07) is 23.5. The molecule has 36 heavy (non-hydrogen) atoms. The van der Waals surface area contributed by atoms with E-state index in [1.54, 1.807) is 62.4 Å². The van der Waals surface area contributed by atoms with Crippen LogP contribution in [0, 0.1) is 11.8 Å². The molecule has 4 unspecified atom stereocenters. The topological polar surface area (TPSA) is 98.8 Å². The van der Waals surface area contributed by atoms with Gasteiger partial charge in [0, 0.05) is 23.2 Å². The van der Waals surface area contributed by atoms with E-state index >= 15 is 0 Å². The molecule has 2 fully saturated rings. The Balaban J connectivity index is 1.43. The number of hydrogen-bond donors (Lipinski definition) is 2. The molecule has 2 N–H and O–H groups in total. The molecular weight excluding hydrogens is 456 g/mol. The number of nitrogens with one attached hydrogen (secondary N) is 2. The van der Waals surface area contributed by atoms with Gasteiger partial charge in [0.15, 0.2) is 11.6 Å². The van der Waals surface area contributed by atoms with Gasteiger partial charge in [0.25, 0.3) is 11.8 Å². The molecule has 0 spiro atoms. The van der Waals surface area contributed by atoms with Crippen LogP contribution in [0.5, 0.6) is 0 Å². The molecule has 0 radical (unpaired) electrons. The summed E-state index contributed by atoms with van der Waals surface area (Å²) in [5.41, 5.74) is 7.68. The molecule has 0 bridgehead atoms. The number of anilines is 2. The number of amides is 2. The number of hydrazine groups is 2. The van der Waals surface area contributed by atoms with E-state index in [1.807, 2.05) is 36.4 Å². The largest absolute Gasteiger partial charge is 0.293 e. The smallest absolute Gasteiger partial charge is 0.253 e. The summed E-state index contributed by atoms with van der Waals surface area (Å²) >= 11 is 0. The Morgan fingerprint density at radius 2 is 0.917 bits per heavy atom. The molecule has 3 aromatic carbocycles. The molecule has 2 heterocycles. The zero-order valence-electron chi connectivity index (χ0n) is 19.9. The maximum atomic E-state index is 13.7. The highest BCUT2D eigenvalue weighted by molar-refractivity contribution is 6.23. The van der Waals surface area contributed by atoms with Crippen molar-refractivity contribution < 1.29 is 19.2 Å². The molecule has 5 rings (SSSR count). The van der Waals surface area contributed by atoms with Gasteiger partial charge in [-0.25, -0.2) is 20.9 Å². The molecule has 8 heteroatoms. The number of carbonyl (C=O) groups excluding carboxylic acids is 4. The Labute approximate surface area is 208 Å². The van der Waals surface area contributed by atoms with Gasteiger partial charge in [0.1, 0.15) is 11.8 Å². The van der Waals surface area contributed by atoms with E-state index < -0.39 is 35.5 Å². The third-order valence-corrected chi connectivity index (χ3v) is 6.69. The summed E-state index contributed by atoms with van der Waals surface area (Å²) in [6.07, 6.45) is 0. The fourth-order valence-corrected chi connectivity index (χ4v) is 4.87. The Morgan fingerprint density at radius 1 is 0.583 bits per heavy atom. The number of hydrogen-bond acceptors (Lipinski definition) is 6. The van der Waals surface area contributed by atoms with E-state index in [2.05, 4.69) is 10.9 Å². The van der Waals surface area contributed by atoms with Gasteiger partial charge in [-0.3, -0.25) is 19.2 Å². The van der Waals surface area contributed by atoms with Gasteiger partial charge < -0.3 is 0 Å². The highest BCUT2D eigenvalue weighted by Crippen LogP contribution is 2.30. The second kappa shape index (κ2) is 9.49. The minimum absolute atomic E-state index is 0.141. The lowest BCUT2D eigenvalue weighted by atomic mass is 9.85. The van der Waals surface area contributed by atoms with Crippen molar-refractivity contribution >= 4 is 34.8 Å². The van der Waals surface area contributed by atoms with E-state index in [4.69, 9.17) is 0 Å². The van der Waals surface area contributed by atoms with Gasteiger partial charge in [0.2, 0.25) is 0 Å².